The summed E-state index contributed by atoms with van der Waals surface area (Å²) in [5, 5.41) is 0. The Balaban J connectivity index is 2.18. The second kappa shape index (κ2) is 5.37. The zero-order valence-electron chi connectivity index (χ0n) is 7.99. The molecule has 0 saturated heterocycles. The molecule has 1 aliphatic carbocycles. The SMILES string of the molecule is CSCC1CCC(OC(N)=O)CC1. The second-order valence-electron chi connectivity index (χ2n) is 3.53. The van der Waals surface area contributed by atoms with Gasteiger partial charge in [0.25, 0.3) is 0 Å². The number of nitrogens with two attached hydrogens (primary N) is 1. The predicted octanol–water partition coefficient (Wildman–Crippen LogP) is 2.00. The Morgan fingerprint density at radius 2 is 2.08 bits per heavy atom. The van der Waals surface area contributed by atoms with Crippen LogP contribution in [0.25, 0.3) is 0 Å². The molecule has 1 rings (SSSR count). The van der Waals surface area contributed by atoms with Gasteiger partial charge in [-0.15, -0.1) is 0 Å². The zero-order valence-corrected chi connectivity index (χ0v) is 8.81. The molecule has 2 N–H and O–H groups in total. The number of amides is 1. The quantitative estimate of drug-likeness (QED) is 0.763. The summed E-state index contributed by atoms with van der Waals surface area (Å²) in [5.74, 6) is 2.03. The minimum absolute atomic E-state index is 0.0793. The molecule has 0 aliphatic heterocycles. The van der Waals surface area contributed by atoms with Crippen molar-refractivity contribution in [1.29, 1.82) is 0 Å². The van der Waals surface area contributed by atoms with E-state index < -0.39 is 6.09 Å². The van der Waals surface area contributed by atoms with Gasteiger partial charge in [-0.2, -0.15) is 11.8 Å². The van der Waals surface area contributed by atoms with Gasteiger partial charge >= 0.3 is 6.09 Å². The smallest absolute Gasteiger partial charge is 0.404 e. The van der Waals surface area contributed by atoms with Crippen LogP contribution in [-0.2, 0) is 4.74 Å². The van der Waals surface area contributed by atoms with Crippen molar-refractivity contribution in [3.8, 4) is 0 Å². The second-order valence-corrected chi connectivity index (χ2v) is 4.45. The maximum absolute atomic E-state index is 10.5. The summed E-state index contributed by atoms with van der Waals surface area (Å²) >= 11 is 1.89. The van der Waals surface area contributed by atoms with Crippen LogP contribution < -0.4 is 5.73 Å². The monoisotopic (exact) mass is 203 g/mol. The third-order valence-corrected chi connectivity index (χ3v) is 3.28. The maximum Gasteiger partial charge on any atom is 0.404 e. The lowest BCUT2D eigenvalue weighted by Crippen LogP contribution is -2.27. The highest BCUT2D eigenvalue weighted by Crippen LogP contribution is 2.28. The van der Waals surface area contributed by atoms with Gasteiger partial charge in [0.1, 0.15) is 6.10 Å². The van der Waals surface area contributed by atoms with Gasteiger partial charge in [0, 0.05) is 0 Å². The van der Waals surface area contributed by atoms with Crippen LogP contribution in [0.4, 0.5) is 4.79 Å². The van der Waals surface area contributed by atoms with E-state index in [1.54, 1.807) is 0 Å². The zero-order chi connectivity index (χ0) is 9.68. The fourth-order valence-corrected chi connectivity index (χ4v) is 2.62. The molecule has 0 radical (unpaired) electrons. The Kier molecular flexibility index (Phi) is 4.42. The van der Waals surface area contributed by atoms with Crippen LogP contribution in [0.5, 0.6) is 0 Å². The molecule has 13 heavy (non-hydrogen) atoms. The maximum atomic E-state index is 10.5. The highest BCUT2D eigenvalue weighted by atomic mass is 32.2. The minimum atomic E-state index is -0.631. The summed E-state index contributed by atoms with van der Waals surface area (Å²) in [6, 6.07) is 0. The molecule has 0 spiro atoms. The molecule has 0 aromatic carbocycles. The highest BCUT2D eigenvalue weighted by molar-refractivity contribution is 7.98. The Hall–Kier alpha value is -0.380. The van der Waals surface area contributed by atoms with Crippen LogP contribution in [0, 0.1) is 5.92 Å². The third kappa shape index (κ3) is 3.89. The first-order chi connectivity index (χ1) is 6.22. The van der Waals surface area contributed by atoms with Gasteiger partial charge in [-0.25, -0.2) is 4.79 Å². The Bertz CT molecular complexity index is 167. The van der Waals surface area contributed by atoms with Gasteiger partial charge in [-0.3, -0.25) is 0 Å². The van der Waals surface area contributed by atoms with E-state index in [0.717, 1.165) is 18.8 Å². The minimum Gasteiger partial charge on any atom is -0.446 e. The summed E-state index contributed by atoms with van der Waals surface area (Å²) in [4.78, 5) is 10.5. The molecule has 4 heteroatoms. The van der Waals surface area contributed by atoms with Gasteiger partial charge in [0.2, 0.25) is 0 Å². The van der Waals surface area contributed by atoms with E-state index in [1.807, 2.05) is 11.8 Å². The molecule has 1 saturated carbocycles. The van der Waals surface area contributed by atoms with Gasteiger partial charge in [0.15, 0.2) is 0 Å². The van der Waals surface area contributed by atoms with Crippen molar-refractivity contribution in [2.75, 3.05) is 12.0 Å². The molecule has 1 amide bonds. The molecule has 0 bridgehead atoms. The van der Waals surface area contributed by atoms with E-state index in [9.17, 15) is 4.79 Å². The lowest BCUT2D eigenvalue weighted by Gasteiger charge is -2.27. The van der Waals surface area contributed by atoms with Crippen molar-refractivity contribution in [2.45, 2.75) is 31.8 Å². The van der Waals surface area contributed by atoms with E-state index in [2.05, 4.69) is 6.26 Å². The molecule has 3 nitrogen and oxygen atoms in total. The van der Waals surface area contributed by atoms with Crippen molar-refractivity contribution in [2.24, 2.45) is 11.7 Å². The number of carbonyl (C=O) groups is 1. The van der Waals surface area contributed by atoms with E-state index in [1.165, 1.54) is 18.6 Å². The van der Waals surface area contributed by atoms with E-state index in [4.69, 9.17) is 10.5 Å². The fraction of sp³-hybridized carbons (Fsp3) is 0.889. The summed E-state index contributed by atoms with van der Waals surface area (Å²) in [6.45, 7) is 0. The molecule has 1 aliphatic rings. The van der Waals surface area contributed by atoms with E-state index in [0.29, 0.717) is 0 Å². The summed E-state index contributed by atoms with van der Waals surface area (Å²) in [6.07, 6.45) is 5.87. The number of ether oxygens (including phenoxy) is 1. The number of hydrogen-bond donors (Lipinski definition) is 1. The summed E-state index contributed by atoms with van der Waals surface area (Å²) < 4.78 is 4.95. The van der Waals surface area contributed by atoms with Crippen molar-refractivity contribution in [3.05, 3.63) is 0 Å². The van der Waals surface area contributed by atoms with Crippen LogP contribution in [0.1, 0.15) is 25.7 Å². The number of thioether (sulfide) groups is 1. The molecule has 76 valence electrons. The van der Waals surface area contributed by atoms with Crippen LogP contribution in [0.3, 0.4) is 0 Å². The van der Waals surface area contributed by atoms with Crippen LogP contribution in [0.15, 0.2) is 0 Å². The number of primary amides is 1. The van der Waals surface area contributed by atoms with Gasteiger partial charge in [-0.05, 0) is 43.6 Å². The van der Waals surface area contributed by atoms with Crippen molar-refractivity contribution in [3.63, 3.8) is 0 Å². The molecular formula is C9H17NO2S. The van der Waals surface area contributed by atoms with Gasteiger partial charge in [0.05, 0.1) is 0 Å². The van der Waals surface area contributed by atoms with Crippen LogP contribution in [-0.4, -0.2) is 24.2 Å². The van der Waals surface area contributed by atoms with Crippen molar-refractivity contribution >= 4 is 17.9 Å². The predicted molar refractivity (Wildman–Crippen MR) is 54.8 cm³/mol. The largest absolute Gasteiger partial charge is 0.446 e. The molecule has 1 fully saturated rings. The van der Waals surface area contributed by atoms with Crippen LogP contribution in [0.2, 0.25) is 0 Å². The lowest BCUT2D eigenvalue weighted by molar-refractivity contribution is 0.0737. The normalized spacial score (nSPS) is 28.4. The average Bonchev–Trinajstić information content (AvgIpc) is 2.08. The number of carbonyl (C=O) groups excluding carboxylic acids is 1. The number of rotatable bonds is 3. The summed E-state index contributed by atoms with van der Waals surface area (Å²) in [5.41, 5.74) is 4.95. The molecule has 0 heterocycles. The van der Waals surface area contributed by atoms with Crippen LogP contribution >= 0.6 is 11.8 Å². The molecular weight excluding hydrogens is 186 g/mol. The molecule has 0 atom stereocenters. The standard InChI is InChI=1S/C9H17NO2S/c1-13-6-7-2-4-8(5-3-7)12-9(10)11/h7-8H,2-6H2,1H3,(H2,10,11). The number of hydrogen-bond acceptors (Lipinski definition) is 3. The first kappa shape index (κ1) is 10.7. The van der Waals surface area contributed by atoms with Crippen molar-refractivity contribution in [1.82, 2.24) is 0 Å². The third-order valence-electron chi connectivity index (χ3n) is 2.48. The molecule has 0 unspecified atom stereocenters. The van der Waals surface area contributed by atoms with E-state index >= 15 is 0 Å². The Morgan fingerprint density at radius 1 is 1.46 bits per heavy atom. The van der Waals surface area contributed by atoms with Gasteiger partial charge < -0.3 is 10.5 Å². The van der Waals surface area contributed by atoms with E-state index in [-0.39, 0.29) is 6.10 Å². The fourth-order valence-electron chi connectivity index (χ4n) is 1.82. The highest BCUT2D eigenvalue weighted by Gasteiger charge is 2.22. The molecule has 0 aromatic rings. The first-order valence-corrected chi connectivity index (χ1v) is 6.06. The van der Waals surface area contributed by atoms with Crippen molar-refractivity contribution < 1.29 is 9.53 Å². The summed E-state index contributed by atoms with van der Waals surface area (Å²) in [7, 11) is 0. The topological polar surface area (TPSA) is 52.3 Å². The van der Waals surface area contributed by atoms with Gasteiger partial charge in [-0.1, -0.05) is 0 Å². The first-order valence-electron chi connectivity index (χ1n) is 4.67. The Labute approximate surface area is 83.4 Å². The average molecular weight is 203 g/mol. The lowest BCUT2D eigenvalue weighted by atomic mass is 9.89. The molecule has 0 aromatic heterocycles. The Morgan fingerprint density at radius 3 is 2.54 bits per heavy atom.